The molecule has 0 heterocycles. The van der Waals surface area contributed by atoms with E-state index in [1.165, 1.54) is 6.08 Å². The van der Waals surface area contributed by atoms with Gasteiger partial charge >= 0.3 is 11.9 Å². The average molecular weight is 252 g/mol. The Hall–Kier alpha value is -1.67. The molecule has 0 aliphatic heterocycles. The highest BCUT2D eigenvalue weighted by Crippen LogP contribution is 2.09. The monoisotopic (exact) mass is 252 g/mol. The van der Waals surface area contributed by atoms with E-state index in [1.807, 2.05) is 18.2 Å². The zero-order valence-electron chi connectivity index (χ0n) is 9.10. The van der Waals surface area contributed by atoms with Gasteiger partial charge in [0, 0.05) is 0 Å². The van der Waals surface area contributed by atoms with Crippen molar-refractivity contribution in [1.29, 1.82) is 0 Å². The molecule has 0 unspecified atom stereocenters. The van der Waals surface area contributed by atoms with Crippen molar-refractivity contribution >= 4 is 39.0 Å². The molecule has 0 aromatic heterocycles. The predicted octanol–water partition coefficient (Wildman–Crippen LogP) is -1.28. The van der Waals surface area contributed by atoms with Gasteiger partial charge in [-0.2, -0.15) is 0 Å². The maximum atomic E-state index is 11.4. The van der Waals surface area contributed by atoms with E-state index in [0.717, 1.165) is 5.56 Å². The highest BCUT2D eigenvalue weighted by atomic mass is 28.2. The van der Waals surface area contributed by atoms with Crippen LogP contribution in [0.2, 0.25) is 0 Å². The van der Waals surface area contributed by atoms with E-state index < -0.39 is 11.9 Å². The Bertz CT molecular complexity index is 396. The van der Waals surface area contributed by atoms with Crippen molar-refractivity contribution in [1.82, 2.24) is 0 Å². The Kier molecular flexibility index (Phi) is 4.68. The summed E-state index contributed by atoms with van der Waals surface area (Å²) in [5, 5.41) is 0. The Balaban J connectivity index is 3.06. The second kappa shape index (κ2) is 6.03. The maximum Gasteiger partial charge on any atom is 0.331 e. The molecule has 1 rings (SSSR count). The number of hydrogen-bond acceptors (Lipinski definition) is 4. The predicted molar refractivity (Wildman–Crippen MR) is 66.5 cm³/mol. The fourth-order valence-electron chi connectivity index (χ4n) is 1.14. The van der Waals surface area contributed by atoms with Crippen molar-refractivity contribution in [2.75, 3.05) is 0 Å². The molecule has 6 heteroatoms. The lowest BCUT2D eigenvalue weighted by Gasteiger charge is -2.04. The van der Waals surface area contributed by atoms with Crippen molar-refractivity contribution in [3.63, 3.8) is 0 Å². The van der Waals surface area contributed by atoms with Crippen molar-refractivity contribution < 1.29 is 18.4 Å². The molecule has 0 radical (unpaired) electrons. The van der Waals surface area contributed by atoms with E-state index in [4.69, 9.17) is 0 Å². The summed E-state index contributed by atoms with van der Waals surface area (Å²) in [6.45, 7) is 0. The summed E-state index contributed by atoms with van der Waals surface area (Å²) in [6.07, 6.45) is 1.47. The minimum atomic E-state index is -0.628. The van der Waals surface area contributed by atoms with Gasteiger partial charge in [0.15, 0.2) is 0 Å². The second-order valence-corrected chi connectivity index (χ2v) is 3.77. The minimum absolute atomic E-state index is 0.0591. The summed E-state index contributed by atoms with van der Waals surface area (Å²) in [6, 6.07) is 9.08. The topological polar surface area (TPSA) is 52.6 Å². The largest absolute Gasteiger partial charge is 0.525 e. The van der Waals surface area contributed by atoms with Crippen molar-refractivity contribution in [2.45, 2.75) is 0 Å². The molecule has 0 aliphatic rings. The zero-order valence-corrected chi connectivity index (χ0v) is 13.1. The van der Waals surface area contributed by atoms with Gasteiger partial charge in [-0.3, -0.25) is 0 Å². The summed E-state index contributed by atoms with van der Waals surface area (Å²) in [4.78, 5) is 22.8. The van der Waals surface area contributed by atoms with Gasteiger partial charge in [0.05, 0.1) is 0 Å². The molecule has 0 fully saturated rings. The molecule has 84 valence electrons. The van der Waals surface area contributed by atoms with Crippen molar-refractivity contribution in [2.24, 2.45) is 0 Å². The van der Waals surface area contributed by atoms with E-state index >= 15 is 0 Å². The smallest absolute Gasteiger partial charge is 0.331 e. The quantitative estimate of drug-likeness (QED) is 0.291. The first-order chi connectivity index (χ1) is 7.69. The van der Waals surface area contributed by atoms with Crippen LogP contribution >= 0.6 is 0 Å². The molecule has 1 aromatic carbocycles. The van der Waals surface area contributed by atoms with E-state index in [1.54, 1.807) is 12.1 Å². The molecule has 4 nitrogen and oxygen atoms in total. The third kappa shape index (κ3) is 3.18. The van der Waals surface area contributed by atoms with Crippen LogP contribution in [0.3, 0.4) is 0 Å². The van der Waals surface area contributed by atoms with Crippen LogP contribution in [0.15, 0.2) is 35.9 Å². The van der Waals surface area contributed by atoms with Gasteiger partial charge in [0.2, 0.25) is 21.0 Å². The van der Waals surface area contributed by atoms with E-state index in [-0.39, 0.29) is 26.5 Å². The summed E-state index contributed by atoms with van der Waals surface area (Å²) in [5.74, 6) is -1.26. The normalized spacial score (nSPS) is 9.50. The molecule has 0 spiro atoms. The van der Waals surface area contributed by atoms with Gasteiger partial charge in [0.1, 0.15) is 5.57 Å². The van der Waals surface area contributed by atoms with Gasteiger partial charge in [-0.15, -0.1) is 0 Å². The van der Waals surface area contributed by atoms with Crippen LogP contribution in [0.1, 0.15) is 5.56 Å². The fraction of sp³-hybridized carbons (Fsp3) is 0. The number of hydrogen-bond donors (Lipinski definition) is 0. The Morgan fingerprint density at radius 1 is 1.00 bits per heavy atom. The van der Waals surface area contributed by atoms with Gasteiger partial charge in [-0.25, -0.2) is 9.59 Å². The van der Waals surface area contributed by atoms with Crippen molar-refractivity contribution in [3.8, 4) is 0 Å². The number of carbonyl (C=O) groups is 2. The van der Waals surface area contributed by atoms with Crippen LogP contribution in [0.25, 0.3) is 6.08 Å². The SMILES string of the molecule is O=C(O[SiH3])C(=Cc1ccccc1)C(=O)O[SiH3]. The Morgan fingerprint density at radius 3 is 1.94 bits per heavy atom. The first kappa shape index (κ1) is 12.4. The molecule has 0 aliphatic carbocycles. The first-order valence-electron chi connectivity index (χ1n) is 4.62. The molecule has 1 aromatic rings. The maximum absolute atomic E-state index is 11.4. The molecular formula is C10H12O4Si2. The summed E-state index contributed by atoms with van der Waals surface area (Å²) < 4.78 is 9.31. The average Bonchev–Trinajstić information content (AvgIpc) is 2.35. The van der Waals surface area contributed by atoms with Crippen LogP contribution in [0.5, 0.6) is 0 Å². The van der Waals surface area contributed by atoms with E-state index in [0.29, 0.717) is 0 Å². The summed E-state index contributed by atoms with van der Waals surface area (Å²) in [5.41, 5.74) is 0.702. The highest BCUT2D eigenvalue weighted by Gasteiger charge is 2.18. The van der Waals surface area contributed by atoms with Crippen LogP contribution < -0.4 is 0 Å². The lowest BCUT2D eigenvalue weighted by Crippen LogP contribution is -2.16. The molecule has 0 atom stereocenters. The fourth-order valence-corrected chi connectivity index (χ4v) is 1.58. The van der Waals surface area contributed by atoms with Crippen LogP contribution in [-0.4, -0.2) is 32.9 Å². The van der Waals surface area contributed by atoms with Gasteiger partial charge in [-0.05, 0) is 11.6 Å². The molecule has 16 heavy (non-hydrogen) atoms. The van der Waals surface area contributed by atoms with Gasteiger partial charge in [0.25, 0.3) is 0 Å². The zero-order chi connectivity index (χ0) is 12.0. The highest BCUT2D eigenvalue weighted by molar-refractivity contribution is 6.25. The van der Waals surface area contributed by atoms with Crippen LogP contribution in [0.4, 0.5) is 0 Å². The summed E-state index contributed by atoms with van der Waals surface area (Å²) in [7, 11) is 0.498. The van der Waals surface area contributed by atoms with Gasteiger partial charge in [-0.1, -0.05) is 30.3 Å². The van der Waals surface area contributed by atoms with E-state index in [9.17, 15) is 9.59 Å². The number of rotatable bonds is 3. The second-order valence-electron chi connectivity index (χ2n) is 2.95. The third-order valence-electron chi connectivity index (χ3n) is 1.92. The Labute approximate surface area is 99.3 Å². The lowest BCUT2D eigenvalue weighted by molar-refractivity contribution is -0.136. The molecular weight excluding hydrogens is 240 g/mol. The molecule has 0 saturated carbocycles. The first-order valence-corrected chi connectivity index (χ1v) is 6.25. The number of carbonyl (C=O) groups excluding carboxylic acids is 2. The molecule has 0 amide bonds. The molecule has 0 saturated heterocycles. The standard InChI is InChI=1S/C10H12O4Si2/c11-9(13-15)8(10(12)14-16)6-7-4-2-1-3-5-7/h1-6H,15-16H3. The van der Waals surface area contributed by atoms with Crippen LogP contribution in [0, 0.1) is 0 Å². The minimum Gasteiger partial charge on any atom is -0.525 e. The Morgan fingerprint density at radius 2 is 1.50 bits per heavy atom. The van der Waals surface area contributed by atoms with Crippen LogP contribution in [-0.2, 0) is 18.4 Å². The lowest BCUT2D eigenvalue weighted by atomic mass is 10.1. The van der Waals surface area contributed by atoms with Crippen molar-refractivity contribution in [3.05, 3.63) is 41.5 Å². The third-order valence-corrected chi connectivity index (χ3v) is 2.66. The summed E-state index contributed by atoms with van der Waals surface area (Å²) >= 11 is 0. The molecule has 0 N–H and O–H groups in total. The van der Waals surface area contributed by atoms with Gasteiger partial charge < -0.3 is 8.85 Å². The number of benzene rings is 1. The van der Waals surface area contributed by atoms with E-state index in [2.05, 4.69) is 8.85 Å². The molecule has 0 bridgehead atoms.